The number of anilines is 2. The van der Waals surface area contributed by atoms with E-state index >= 15 is 0 Å². The molecular formula is C17H14N2O2. The van der Waals surface area contributed by atoms with E-state index < -0.39 is 0 Å². The van der Waals surface area contributed by atoms with Crippen LogP contribution in [0.15, 0.2) is 60.8 Å². The molecular weight excluding hydrogens is 264 g/mol. The molecule has 0 saturated carbocycles. The smallest absolute Gasteiger partial charge is 0.337 e. The molecule has 4 nitrogen and oxygen atoms in total. The quantitative estimate of drug-likeness (QED) is 0.741. The molecule has 4 heteroatoms. The zero-order chi connectivity index (χ0) is 14.7. The summed E-state index contributed by atoms with van der Waals surface area (Å²) in [5, 5.41) is 4.35. The maximum atomic E-state index is 11.6. The van der Waals surface area contributed by atoms with Crippen LogP contribution in [-0.2, 0) is 4.74 Å². The molecule has 0 fully saturated rings. The Hall–Kier alpha value is -2.88. The van der Waals surface area contributed by atoms with Crippen LogP contribution in [0.4, 0.5) is 11.4 Å². The van der Waals surface area contributed by atoms with Crippen molar-refractivity contribution in [2.75, 3.05) is 12.4 Å². The fourth-order valence-electron chi connectivity index (χ4n) is 2.20. The monoisotopic (exact) mass is 278 g/mol. The fourth-order valence-corrected chi connectivity index (χ4v) is 2.20. The van der Waals surface area contributed by atoms with E-state index in [1.54, 1.807) is 18.3 Å². The van der Waals surface area contributed by atoms with E-state index in [1.165, 1.54) is 7.11 Å². The Labute approximate surface area is 122 Å². The summed E-state index contributed by atoms with van der Waals surface area (Å²) in [5.41, 5.74) is 3.21. The van der Waals surface area contributed by atoms with Gasteiger partial charge < -0.3 is 10.1 Å². The number of methoxy groups -OCH3 is 1. The Morgan fingerprint density at radius 1 is 1.10 bits per heavy atom. The number of pyridine rings is 1. The van der Waals surface area contributed by atoms with Gasteiger partial charge in [-0.25, -0.2) is 4.79 Å². The summed E-state index contributed by atoms with van der Waals surface area (Å²) in [6.07, 6.45) is 1.76. The Morgan fingerprint density at radius 2 is 1.95 bits per heavy atom. The average molecular weight is 278 g/mol. The minimum Gasteiger partial charge on any atom is -0.465 e. The lowest BCUT2D eigenvalue weighted by Crippen LogP contribution is -2.01. The molecule has 3 rings (SSSR count). The summed E-state index contributed by atoms with van der Waals surface area (Å²) < 4.78 is 4.73. The first-order chi connectivity index (χ1) is 10.3. The standard InChI is InChI=1S/C17H14N2O2/c1-21-17(20)12-5-4-6-13(11-12)19-16-9-10-18-15-8-3-2-7-14(15)16/h2-11H,1H3,(H,18,19). The van der Waals surface area contributed by atoms with Gasteiger partial charge in [-0.2, -0.15) is 0 Å². The number of hydrogen-bond donors (Lipinski definition) is 1. The lowest BCUT2D eigenvalue weighted by atomic mass is 10.1. The van der Waals surface area contributed by atoms with Gasteiger partial charge in [0.1, 0.15) is 0 Å². The number of ether oxygens (including phenoxy) is 1. The van der Waals surface area contributed by atoms with E-state index in [0.717, 1.165) is 22.3 Å². The molecule has 0 radical (unpaired) electrons. The van der Waals surface area contributed by atoms with E-state index in [4.69, 9.17) is 4.74 Å². The van der Waals surface area contributed by atoms with Gasteiger partial charge in [0.2, 0.25) is 0 Å². The zero-order valence-electron chi connectivity index (χ0n) is 11.5. The molecule has 21 heavy (non-hydrogen) atoms. The predicted molar refractivity (Wildman–Crippen MR) is 82.8 cm³/mol. The molecule has 0 aliphatic carbocycles. The number of carbonyl (C=O) groups is 1. The first-order valence-corrected chi connectivity index (χ1v) is 6.57. The van der Waals surface area contributed by atoms with Crippen LogP contribution in [0.1, 0.15) is 10.4 Å². The number of para-hydroxylation sites is 1. The van der Waals surface area contributed by atoms with Crippen LogP contribution in [-0.4, -0.2) is 18.1 Å². The van der Waals surface area contributed by atoms with Crippen LogP contribution in [0.3, 0.4) is 0 Å². The van der Waals surface area contributed by atoms with Crippen molar-refractivity contribution in [2.45, 2.75) is 0 Å². The van der Waals surface area contributed by atoms with Crippen molar-refractivity contribution < 1.29 is 9.53 Å². The fraction of sp³-hybridized carbons (Fsp3) is 0.0588. The second-order valence-electron chi connectivity index (χ2n) is 4.57. The molecule has 0 amide bonds. The molecule has 0 atom stereocenters. The maximum absolute atomic E-state index is 11.6. The van der Waals surface area contributed by atoms with E-state index in [1.807, 2.05) is 42.5 Å². The van der Waals surface area contributed by atoms with Crippen molar-refractivity contribution in [1.29, 1.82) is 0 Å². The molecule has 1 N–H and O–H groups in total. The molecule has 0 aliphatic rings. The number of fused-ring (bicyclic) bond motifs is 1. The molecule has 1 aromatic heterocycles. The van der Waals surface area contributed by atoms with E-state index in [0.29, 0.717) is 5.56 Å². The molecule has 2 aromatic carbocycles. The van der Waals surface area contributed by atoms with Crippen LogP contribution in [0.25, 0.3) is 10.9 Å². The van der Waals surface area contributed by atoms with Gasteiger partial charge in [0.25, 0.3) is 0 Å². The third kappa shape index (κ3) is 2.69. The zero-order valence-corrected chi connectivity index (χ0v) is 11.5. The molecule has 0 spiro atoms. The summed E-state index contributed by atoms with van der Waals surface area (Å²) in [4.78, 5) is 15.9. The van der Waals surface area contributed by atoms with Crippen molar-refractivity contribution >= 4 is 28.2 Å². The molecule has 0 bridgehead atoms. The molecule has 0 saturated heterocycles. The first-order valence-electron chi connectivity index (χ1n) is 6.57. The number of hydrogen-bond acceptors (Lipinski definition) is 4. The highest BCUT2D eigenvalue weighted by Gasteiger charge is 2.07. The lowest BCUT2D eigenvalue weighted by molar-refractivity contribution is 0.0601. The van der Waals surface area contributed by atoms with Crippen molar-refractivity contribution in [1.82, 2.24) is 4.98 Å². The van der Waals surface area contributed by atoms with Crippen molar-refractivity contribution in [3.63, 3.8) is 0 Å². The summed E-state index contributed by atoms with van der Waals surface area (Å²) >= 11 is 0. The van der Waals surface area contributed by atoms with Gasteiger partial charge >= 0.3 is 5.97 Å². The van der Waals surface area contributed by atoms with Crippen LogP contribution in [0, 0.1) is 0 Å². The SMILES string of the molecule is COC(=O)c1cccc(Nc2ccnc3ccccc23)c1. The predicted octanol–water partition coefficient (Wildman–Crippen LogP) is 3.77. The molecule has 104 valence electrons. The Balaban J connectivity index is 1.97. The highest BCUT2D eigenvalue weighted by molar-refractivity contribution is 5.94. The first kappa shape index (κ1) is 13.1. The number of esters is 1. The Bertz CT molecular complexity index is 794. The van der Waals surface area contributed by atoms with Gasteiger partial charge in [-0.15, -0.1) is 0 Å². The van der Waals surface area contributed by atoms with Crippen molar-refractivity contribution in [3.8, 4) is 0 Å². The number of aromatic nitrogens is 1. The Kier molecular flexibility index (Phi) is 3.51. The van der Waals surface area contributed by atoms with Gasteiger partial charge in [-0.3, -0.25) is 4.98 Å². The minimum absolute atomic E-state index is 0.349. The third-order valence-electron chi connectivity index (χ3n) is 3.21. The van der Waals surface area contributed by atoms with Crippen LogP contribution in [0.5, 0.6) is 0 Å². The number of rotatable bonds is 3. The van der Waals surface area contributed by atoms with Gasteiger partial charge in [-0.05, 0) is 30.3 Å². The summed E-state index contributed by atoms with van der Waals surface area (Å²) in [6, 6.07) is 17.0. The summed E-state index contributed by atoms with van der Waals surface area (Å²) in [5.74, 6) is -0.349. The van der Waals surface area contributed by atoms with Gasteiger partial charge in [0, 0.05) is 23.0 Å². The molecule has 0 aliphatic heterocycles. The second kappa shape index (κ2) is 5.63. The lowest BCUT2D eigenvalue weighted by Gasteiger charge is -2.10. The van der Waals surface area contributed by atoms with E-state index in [2.05, 4.69) is 10.3 Å². The van der Waals surface area contributed by atoms with Crippen LogP contribution < -0.4 is 5.32 Å². The second-order valence-corrected chi connectivity index (χ2v) is 4.57. The highest BCUT2D eigenvalue weighted by atomic mass is 16.5. The van der Waals surface area contributed by atoms with Crippen LogP contribution >= 0.6 is 0 Å². The summed E-state index contributed by atoms with van der Waals surface area (Å²) in [7, 11) is 1.37. The van der Waals surface area contributed by atoms with Gasteiger partial charge in [0.05, 0.1) is 18.2 Å². The molecule has 1 heterocycles. The number of nitrogens with one attached hydrogen (secondary N) is 1. The number of carbonyl (C=O) groups excluding carboxylic acids is 1. The Morgan fingerprint density at radius 3 is 2.81 bits per heavy atom. The van der Waals surface area contributed by atoms with Gasteiger partial charge in [0.15, 0.2) is 0 Å². The third-order valence-corrected chi connectivity index (χ3v) is 3.21. The highest BCUT2D eigenvalue weighted by Crippen LogP contribution is 2.25. The topological polar surface area (TPSA) is 51.2 Å². The average Bonchev–Trinajstić information content (AvgIpc) is 2.55. The normalized spacial score (nSPS) is 10.3. The number of nitrogens with zero attached hydrogens (tertiary/aromatic N) is 1. The van der Waals surface area contributed by atoms with Crippen LogP contribution in [0.2, 0.25) is 0 Å². The number of benzene rings is 2. The minimum atomic E-state index is -0.349. The molecule has 3 aromatic rings. The van der Waals surface area contributed by atoms with E-state index in [-0.39, 0.29) is 5.97 Å². The van der Waals surface area contributed by atoms with Crippen molar-refractivity contribution in [3.05, 3.63) is 66.4 Å². The van der Waals surface area contributed by atoms with Gasteiger partial charge in [-0.1, -0.05) is 24.3 Å². The van der Waals surface area contributed by atoms with E-state index in [9.17, 15) is 4.79 Å². The maximum Gasteiger partial charge on any atom is 0.337 e. The molecule has 0 unspecified atom stereocenters. The largest absolute Gasteiger partial charge is 0.465 e. The summed E-state index contributed by atoms with van der Waals surface area (Å²) in [6.45, 7) is 0. The van der Waals surface area contributed by atoms with Crippen molar-refractivity contribution in [2.24, 2.45) is 0 Å².